The lowest BCUT2D eigenvalue weighted by molar-refractivity contribution is 1.53. The van der Waals surface area contributed by atoms with Crippen LogP contribution in [-0.2, 0) is 0 Å². The summed E-state index contributed by atoms with van der Waals surface area (Å²) in [5, 5.41) is 8.26. The average molecular weight is 114 g/mol. The molecule has 36 valence electrons. The summed E-state index contributed by atoms with van der Waals surface area (Å²) in [6, 6.07) is 1.77. The molecule has 0 fully saturated rings. The Morgan fingerprint density at radius 3 is 2.57 bits per heavy atom. The molecule has 1 nitrogen and oxygen atoms in total. The van der Waals surface area contributed by atoms with Crippen molar-refractivity contribution in [2.75, 3.05) is 0 Å². The molecule has 0 radical (unpaired) electrons. The van der Waals surface area contributed by atoms with Crippen molar-refractivity contribution in [2.24, 2.45) is 0 Å². The van der Waals surface area contributed by atoms with Crippen LogP contribution in [0.15, 0.2) is 23.8 Å². The summed E-state index contributed by atoms with van der Waals surface area (Å²) < 4.78 is 0. The van der Waals surface area contributed by atoms with E-state index >= 15 is 0 Å². The normalized spacial score (nSPS) is 8.57. The fraction of sp³-hybridized carbons (Fsp3) is 0. The maximum absolute atomic E-state index is 7.88. The summed E-state index contributed by atoms with van der Waals surface area (Å²) in [7, 11) is 0. The van der Waals surface area contributed by atoms with Gasteiger partial charge in [0.1, 0.15) is 0 Å². The van der Waals surface area contributed by atoms with E-state index in [4.69, 9.17) is 16.9 Å². The Balaban J connectivity index is 3.53. The molecule has 0 spiro atoms. The first-order valence-corrected chi connectivity index (χ1v) is 2.05. The summed E-state index contributed by atoms with van der Waals surface area (Å²) in [6.07, 6.45) is 2.71. The fourth-order valence-electron chi connectivity index (χ4n) is 0.128. The first kappa shape index (κ1) is 6.26. The number of hydrogen-bond acceptors (Lipinski definition) is 1. The van der Waals surface area contributed by atoms with Gasteiger partial charge in [-0.2, -0.15) is 5.26 Å². The van der Waals surface area contributed by atoms with Gasteiger partial charge in [0, 0.05) is 11.1 Å². The summed E-state index contributed by atoms with van der Waals surface area (Å²) in [5.74, 6) is 0. The molecular weight excluding hydrogens is 110 g/mol. The molecule has 2 heteroatoms. The van der Waals surface area contributed by atoms with Gasteiger partial charge in [0.25, 0.3) is 0 Å². The molecule has 0 unspecified atom stereocenters. The van der Waals surface area contributed by atoms with E-state index < -0.39 is 0 Å². The smallest absolute Gasteiger partial charge is 0.0912 e. The second-order valence-electron chi connectivity index (χ2n) is 0.909. The fourth-order valence-corrected chi connectivity index (χ4v) is 0.191. The lowest BCUT2D eigenvalue weighted by atomic mass is 10.5. The quantitative estimate of drug-likeness (QED) is 0.376. The maximum Gasteiger partial charge on any atom is 0.0912 e. The Labute approximate surface area is 47.5 Å². The van der Waals surface area contributed by atoms with Crippen molar-refractivity contribution >= 4 is 11.6 Å². The predicted octanol–water partition coefficient (Wildman–Crippen LogP) is 1.82. The molecule has 0 N–H and O–H groups in total. The Hall–Kier alpha value is -0.740. The number of allylic oxidation sites excluding steroid dienone is 3. The standard InChI is InChI=1S/C5H4ClN/c1-5(6)3-2-4-7/h2-3H,1H2. The Kier molecular flexibility index (Phi) is 3.09. The van der Waals surface area contributed by atoms with Gasteiger partial charge in [-0.25, -0.2) is 0 Å². The van der Waals surface area contributed by atoms with Gasteiger partial charge >= 0.3 is 0 Å². The molecule has 0 amide bonds. The lowest BCUT2D eigenvalue weighted by Crippen LogP contribution is -1.51. The topological polar surface area (TPSA) is 23.8 Å². The third-order valence-electron chi connectivity index (χ3n) is 0.339. The molecule has 0 atom stereocenters. The van der Waals surface area contributed by atoms with Crippen LogP contribution in [0, 0.1) is 11.3 Å². The van der Waals surface area contributed by atoms with E-state index in [2.05, 4.69) is 6.58 Å². The second-order valence-corrected chi connectivity index (χ2v) is 1.39. The van der Waals surface area contributed by atoms with Crippen molar-refractivity contribution in [3.05, 3.63) is 23.8 Å². The van der Waals surface area contributed by atoms with Crippen molar-refractivity contribution in [3.8, 4) is 6.07 Å². The SMILES string of the molecule is C=C(Cl)C=CC#N. The average Bonchev–Trinajstić information content (AvgIpc) is 1.61. The van der Waals surface area contributed by atoms with Crippen LogP contribution in [0.2, 0.25) is 0 Å². The molecule has 0 aliphatic rings. The number of rotatable bonds is 1. The van der Waals surface area contributed by atoms with E-state index in [1.807, 2.05) is 0 Å². The summed E-state index contributed by atoms with van der Waals surface area (Å²) in [5.41, 5.74) is 0. The van der Waals surface area contributed by atoms with Gasteiger partial charge in [-0.15, -0.1) is 0 Å². The lowest BCUT2D eigenvalue weighted by Gasteiger charge is -1.71. The van der Waals surface area contributed by atoms with E-state index in [1.54, 1.807) is 6.07 Å². The van der Waals surface area contributed by atoms with E-state index in [9.17, 15) is 0 Å². The van der Waals surface area contributed by atoms with Crippen molar-refractivity contribution in [3.63, 3.8) is 0 Å². The zero-order chi connectivity index (χ0) is 5.70. The highest BCUT2D eigenvalue weighted by Gasteiger charge is 1.70. The zero-order valence-corrected chi connectivity index (χ0v) is 4.44. The highest BCUT2D eigenvalue weighted by Crippen LogP contribution is 1.95. The van der Waals surface area contributed by atoms with Crippen LogP contribution in [0.1, 0.15) is 0 Å². The molecule has 0 bridgehead atoms. The molecule has 0 rings (SSSR count). The Morgan fingerprint density at radius 2 is 2.43 bits per heavy atom. The number of hydrogen-bond donors (Lipinski definition) is 0. The Morgan fingerprint density at radius 1 is 1.86 bits per heavy atom. The van der Waals surface area contributed by atoms with Gasteiger partial charge in [0.2, 0.25) is 0 Å². The highest BCUT2D eigenvalue weighted by molar-refractivity contribution is 6.30. The molecular formula is C5H4ClN. The minimum absolute atomic E-state index is 0.376. The van der Waals surface area contributed by atoms with Gasteiger partial charge in [-0.1, -0.05) is 18.2 Å². The first-order valence-electron chi connectivity index (χ1n) is 1.68. The summed E-state index contributed by atoms with van der Waals surface area (Å²) in [4.78, 5) is 0. The zero-order valence-electron chi connectivity index (χ0n) is 3.69. The van der Waals surface area contributed by atoms with Crippen LogP contribution in [0.3, 0.4) is 0 Å². The van der Waals surface area contributed by atoms with Crippen LogP contribution < -0.4 is 0 Å². The molecule has 0 saturated heterocycles. The van der Waals surface area contributed by atoms with Crippen molar-refractivity contribution < 1.29 is 0 Å². The van der Waals surface area contributed by atoms with Crippen LogP contribution in [0.25, 0.3) is 0 Å². The van der Waals surface area contributed by atoms with Gasteiger partial charge in [0.15, 0.2) is 0 Å². The van der Waals surface area contributed by atoms with E-state index in [1.165, 1.54) is 12.2 Å². The highest BCUT2D eigenvalue weighted by atomic mass is 35.5. The number of nitrogens with zero attached hydrogens (tertiary/aromatic N) is 1. The predicted molar refractivity (Wildman–Crippen MR) is 29.7 cm³/mol. The summed E-state index contributed by atoms with van der Waals surface area (Å²) in [6.45, 7) is 3.32. The number of halogens is 1. The molecule has 0 aromatic rings. The number of nitriles is 1. The molecule has 7 heavy (non-hydrogen) atoms. The van der Waals surface area contributed by atoms with Gasteiger partial charge in [-0.05, 0) is 6.08 Å². The monoisotopic (exact) mass is 113 g/mol. The van der Waals surface area contributed by atoms with Crippen molar-refractivity contribution in [1.29, 1.82) is 5.26 Å². The van der Waals surface area contributed by atoms with Gasteiger partial charge in [0.05, 0.1) is 6.07 Å². The van der Waals surface area contributed by atoms with Gasteiger partial charge < -0.3 is 0 Å². The van der Waals surface area contributed by atoms with E-state index in [0.717, 1.165) is 0 Å². The minimum Gasteiger partial charge on any atom is -0.193 e. The molecule has 0 heterocycles. The molecule has 0 aromatic heterocycles. The van der Waals surface area contributed by atoms with E-state index in [-0.39, 0.29) is 0 Å². The van der Waals surface area contributed by atoms with Crippen LogP contribution in [0.5, 0.6) is 0 Å². The molecule has 0 aliphatic heterocycles. The largest absolute Gasteiger partial charge is 0.193 e. The second kappa shape index (κ2) is 3.45. The van der Waals surface area contributed by atoms with Crippen molar-refractivity contribution in [2.45, 2.75) is 0 Å². The van der Waals surface area contributed by atoms with Gasteiger partial charge in [-0.3, -0.25) is 0 Å². The minimum atomic E-state index is 0.376. The van der Waals surface area contributed by atoms with Crippen LogP contribution in [-0.4, -0.2) is 0 Å². The third-order valence-corrected chi connectivity index (χ3v) is 0.465. The molecule has 0 aromatic carbocycles. The molecule has 0 aliphatic carbocycles. The summed E-state index contributed by atoms with van der Waals surface area (Å²) >= 11 is 5.22. The van der Waals surface area contributed by atoms with Crippen LogP contribution >= 0.6 is 11.6 Å². The maximum atomic E-state index is 7.88. The van der Waals surface area contributed by atoms with Crippen LogP contribution in [0.4, 0.5) is 0 Å². The Bertz CT molecular complexity index is 130. The first-order chi connectivity index (χ1) is 3.27. The van der Waals surface area contributed by atoms with Crippen molar-refractivity contribution in [1.82, 2.24) is 0 Å². The van der Waals surface area contributed by atoms with E-state index in [0.29, 0.717) is 5.03 Å². The third kappa shape index (κ3) is 5.26. The molecule has 0 saturated carbocycles.